The molecule has 176 valence electrons. The molecule has 0 bridgehead atoms. The summed E-state index contributed by atoms with van der Waals surface area (Å²) in [6.45, 7) is 0. The molecule has 1 aliphatic rings. The van der Waals surface area contributed by atoms with E-state index in [2.05, 4.69) is 26.6 Å². The second-order valence-corrected chi connectivity index (χ2v) is 10.7. The summed E-state index contributed by atoms with van der Waals surface area (Å²) >= 11 is 28.3. The number of rotatable bonds is 5. The van der Waals surface area contributed by atoms with Crippen molar-refractivity contribution in [2.24, 2.45) is 5.92 Å². The van der Waals surface area contributed by atoms with Crippen LogP contribution in [0.5, 0.6) is 0 Å². The van der Waals surface area contributed by atoms with Crippen LogP contribution in [0.1, 0.15) is 21.8 Å². The molecular weight excluding hydrogens is 596 g/mol. The number of halogens is 7. The lowest BCUT2D eigenvalue weighted by atomic mass is 10.1. The van der Waals surface area contributed by atoms with Crippen LogP contribution < -0.4 is 10.6 Å². The number of amides is 2. The molecular formula is C23H13BrCl4F2N2O2. The summed E-state index contributed by atoms with van der Waals surface area (Å²) < 4.78 is 26.3. The van der Waals surface area contributed by atoms with Gasteiger partial charge in [-0.2, -0.15) is 0 Å². The summed E-state index contributed by atoms with van der Waals surface area (Å²) in [7, 11) is 0. The highest BCUT2D eigenvalue weighted by atomic mass is 79.9. The third-order valence-electron chi connectivity index (χ3n) is 5.30. The van der Waals surface area contributed by atoms with E-state index >= 15 is 0 Å². The Morgan fingerprint density at radius 2 is 1.62 bits per heavy atom. The quantitative estimate of drug-likeness (QED) is 0.290. The number of hydrogen-bond donors (Lipinski definition) is 2. The summed E-state index contributed by atoms with van der Waals surface area (Å²) in [5.74, 6) is -4.16. The average Bonchev–Trinajstić information content (AvgIpc) is 3.35. The lowest BCUT2D eigenvalue weighted by Crippen LogP contribution is -2.18. The third-order valence-corrected chi connectivity index (χ3v) is 7.78. The molecule has 0 aliphatic heterocycles. The first-order valence-corrected chi connectivity index (χ1v) is 12.0. The van der Waals surface area contributed by atoms with E-state index in [9.17, 15) is 18.4 Å². The zero-order valence-corrected chi connectivity index (χ0v) is 21.4. The van der Waals surface area contributed by atoms with Gasteiger partial charge in [0.2, 0.25) is 5.91 Å². The van der Waals surface area contributed by atoms with Gasteiger partial charge in [-0.15, -0.1) is 23.2 Å². The van der Waals surface area contributed by atoms with Crippen molar-refractivity contribution < 1.29 is 18.4 Å². The van der Waals surface area contributed by atoms with Gasteiger partial charge in [0.05, 0.1) is 27.2 Å². The van der Waals surface area contributed by atoms with Crippen LogP contribution >= 0.6 is 62.3 Å². The smallest absolute Gasteiger partial charge is 0.257 e. The molecule has 0 spiro atoms. The van der Waals surface area contributed by atoms with Crippen molar-refractivity contribution in [3.63, 3.8) is 0 Å². The normalized spacial score (nSPS) is 18.3. The minimum Gasteiger partial charge on any atom is -0.326 e. The highest BCUT2D eigenvalue weighted by molar-refractivity contribution is 9.10. The molecule has 0 aromatic heterocycles. The van der Waals surface area contributed by atoms with E-state index in [0.29, 0.717) is 15.6 Å². The van der Waals surface area contributed by atoms with Crippen LogP contribution in [0.4, 0.5) is 20.2 Å². The van der Waals surface area contributed by atoms with Gasteiger partial charge in [0.25, 0.3) is 5.91 Å². The van der Waals surface area contributed by atoms with Gasteiger partial charge < -0.3 is 10.6 Å². The van der Waals surface area contributed by atoms with Gasteiger partial charge >= 0.3 is 0 Å². The van der Waals surface area contributed by atoms with E-state index < -0.39 is 39.6 Å². The van der Waals surface area contributed by atoms with E-state index in [4.69, 9.17) is 46.4 Å². The van der Waals surface area contributed by atoms with Crippen molar-refractivity contribution in [3.8, 4) is 0 Å². The highest BCUT2D eigenvalue weighted by Gasteiger charge is 2.67. The minimum atomic E-state index is -1.33. The second kappa shape index (κ2) is 9.63. The Bertz CT molecular complexity index is 1320. The average molecular weight is 609 g/mol. The number of carbonyl (C=O) groups excluding carboxylic acids is 2. The van der Waals surface area contributed by atoms with E-state index in [1.54, 1.807) is 18.2 Å². The van der Waals surface area contributed by atoms with Crippen LogP contribution in [-0.4, -0.2) is 16.1 Å². The van der Waals surface area contributed by atoms with Crippen molar-refractivity contribution in [1.29, 1.82) is 0 Å². The van der Waals surface area contributed by atoms with Crippen molar-refractivity contribution in [3.05, 3.63) is 91.9 Å². The van der Waals surface area contributed by atoms with Gasteiger partial charge in [0.15, 0.2) is 0 Å². The first kappa shape index (κ1) is 25.2. The molecule has 2 amide bonds. The molecule has 11 heteroatoms. The summed E-state index contributed by atoms with van der Waals surface area (Å²) in [5.41, 5.74) is 0.742. The fraction of sp³-hybridized carbons (Fsp3) is 0.130. The summed E-state index contributed by atoms with van der Waals surface area (Å²) in [6, 6.07) is 12.1. The van der Waals surface area contributed by atoms with E-state index in [1.165, 1.54) is 18.2 Å². The molecule has 0 heterocycles. The second-order valence-electron chi connectivity index (χ2n) is 7.57. The van der Waals surface area contributed by atoms with Gasteiger partial charge in [-0.25, -0.2) is 8.78 Å². The maximum atomic E-state index is 13.9. The molecule has 2 atom stereocenters. The first-order valence-electron chi connectivity index (χ1n) is 9.68. The molecule has 34 heavy (non-hydrogen) atoms. The maximum absolute atomic E-state index is 13.9. The van der Waals surface area contributed by atoms with Crippen LogP contribution in [0.25, 0.3) is 0 Å². The van der Waals surface area contributed by atoms with Crippen molar-refractivity contribution in [2.45, 2.75) is 10.3 Å². The van der Waals surface area contributed by atoms with Crippen LogP contribution in [0.15, 0.2) is 59.1 Å². The summed E-state index contributed by atoms with van der Waals surface area (Å²) in [6.07, 6.45) is 0. The lowest BCUT2D eigenvalue weighted by molar-refractivity contribution is -0.117. The fourth-order valence-corrected chi connectivity index (χ4v) is 5.10. The Kier molecular flexibility index (Phi) is 7.14. The van der Waals surface area contributed by atoms with Crippen LogP contribution in [-0.2, 0) is 4.79 Å². The van der Waals surface area contributed by atoms with Crippen molar-refractivity contribution >= 4 is 85.5 Å². The highest BCUT2D eigenvalue weighted by Crippen LogP contribution is 2.65. The van der Waals surface area contributed by atoms with Crippen LogP contribution in [0.3, 0.4) is 0 Å². The number of benzene rings is 3. The predicted molar refractivity (Wildman–Crippen MR) is 134 cm³/mol. The topological polar surface area (TPSA) is 58.2 Å². The largest absolute Gasteiger partial charge is 0.326 e. The molecule has 3 aromatic rings. The van der Waals surface area contributed by atoms with Gasteiger partial charge in [-0.3, -0.25) is 9.59 Å². The predicted octanol–water partition coefficient (Wildman–Crippen LogP) is 7.81. The molecule has 0 saturated heterocycles. The molecule has 3 aromatic carbocycles. The van der Waals surface area contributed by atoms with Crippen molar-refractivity contribution in [2.75, 3.05) is 10.6 Å². The Labute approximate surface area is 221 Å². The van der Waals surface area contributed by atoms with E-state index in [0.717, 1.165) is 17.7 Å². The standard InChI is InChI=1S/C23H13BrCl4F2N2O2/c24-14-7-10(1-4-16(14)26)19-20(23(19,27)28)22(34)31-12-3-5-15(25)13(9-12)21(33)32-18-6-2-11(29)8-17(18)30/h1-9,19-20H,(H,31,34)(H,32,33)/t19-,20+/m0/s1. The van der Waals surface area contributed by atoms with Crippen LogP contribution in [0.2, 0.25) is 10.0 Å². The molecule has 4 rings (SSSR count). The van der Waals surface area contributed by atoms with Gasteiger partial charge in [-0.05, 0) is 64.0 Å². The van der Waals surface area contributed by atoms with Gasteiger partial charge in [0, 0.05) is 22.1 Å². The summed E-state index contributed by atoms with van der Waals surface area (Å²) in [5, 5.41) is 5.58. The number of nitrogens with one attached hydrogen (secondary N) is 2. The number of alkyl halides is 2. The maximum Gasteiger partial charge on any atom is 0.257 e. The molecule has 0 radical (unpaired) electrons. The SMILES string of the molecule is O=C(Nc1ccc(F)cc1F)c1cc(NC(=O)[C@H]2[C@H](c3ccc(Cl)c(Br)c3)C2(Cl)Cl)ccc1Cl. The van der Waals surface area contributed by atoms with Gasteiger partial charge in [0.1, 0.15) is 16.0 Å². The Hall–Kier alpha value is -1.90. The molecule has 4 nitrogen and oxygen atoms in total. The minimum absolute atomic E-state index is 0.0276. The molecule has 1 aliphatic carbocycles. The molecule has 2 N–H and O–H groups in total. The summed E-state index contributed by atoms with van der Waals surface area (Å²) in [4.78, 5) is 25.6. The zero-order chi connectivity index (χ0) is 24.8. The third kappa shape index (κ3) is 5.04. The van der Waals surface area contributed by atoms with Gasteiger partial charge in [-0.1, -0.05) is 29.3 Å². The fourth-order valence-electron chi connectivity index (χ4n) is 3.55. The lowest BCUT2D eigenvalue weighted by Gasteiger charge is -2.11. The number of anilines is 2. The Balaban J connectivity index is 1.51. The van der Waals surface area contributed by atoms with E-state index in [-0.39, 0.29) is 22.0 Å². The first-order chi connectivity index (χ1) is 16.0. The Morgan fingerprint density at radius 3 is 2.29 bits per heavy atom. The Morgan fingerprint density at radius 1 is 0.912 bits per heavy atom. The number of hydrogen-bond acceptors (Lipinski definition) is 2. The molecule has 1 saturated carbocycles. The molecule has 1 fully saturated rings. The molecule has 0 unspecified atom stereocenters. The van der Waals surface area contributed by atoms with E-state index in [1.807, 2.05) is 0 Å². The monoisotopic (exact) mass is 606 g/mol. The zero-order valence-electron chi connectivity index (χ0n) is 16.8. The van der Waals surface area contributed by atoms with Crippen molar-refractivity contribution in [1.82, 2.24) is 0 Å². The van der Waals surface area contributed by atoms with Crippen LogP contribution in [0, 0.1) is 17.6 Å². The number of carbonyl (C=O) groups is 2.